The SMILES string of the molecule is Cc1cc(Br)c(-c2c(Br)c(C)c(O)c(C)c2Br)c(Br)c1C. The molecule has 0 aliphatic heterocycles. The number of phenols is 1. The van der Waals surface area contributed by atoms with E-state index in [9.17, 15) is 5.11 Å². The molecule has 2 rings (SSSR count). The summed E-state index contributed by atoms with van der Waals surface area (Å²) in [5, 5.41) is 10.2. The Morgan fingerprint density at radius 1 is 0.714 bits per heavy atom. The zero-order valence-corrected chi connectivity index (χ0v) is 18.4. The highest BCUT2D eigenvalue weighted by Crippen LogP contribution is 2.49. The van der Waals surface area contributed by atoms with E-state index < -0.39 is 0 Å². The van der Waals surface area contributed by atoms with Gasteiger partial charge < -0.3 is 5.11 Å². The summed E-state index contributed by atoms with van der Waals surface area (Å²) in [6.07, 6.45) is 0. The van der Waals surface area contributed by atoms with Crippen LogP contribution in [0.15, 0.2) is 24.0 Å². The van der Waals surface area contributed by atoms with Gasteiger partial charge >= 0.3 is 0 Å². The van der Waals surface area contributed by atoms with Crippen molar-refractivity contribution in [1.82, 2.24) is 0 Å². The second kappa shape index (κ2) is 6.34. The molecule has 0 aromatic heterocycles. The fourth-order valence-corrected chi connectivity index (χ4v) is 5.41. The van der Waals surface area contributed by atoms with Crippen molar-refractivity contribution >= 4 is 63.7 Å². The first-order valence-corrected chi connectivity index (χ1v) is 9.48. The van der Waals surface area contributed by atoms with E-state index in [1.807, 2.05) is 13.8 Å². The Balaban J connectivity index is 2.96. The zero-order chi connectivity index (χ0) is 16.1. The molecule has 0 radical (unpaired) electrons. The Morgan fingerprint density at radius 3 is 1.62 bits per heavy atom. The fraction of sp³-hybridized carbons (Fsp3) is 0.250. The lowest BCUT2D eigenvalue weighted by Gasteiger charge is -2.19. The highest BCUT2D eigenvalue weighted by atomic mass is 79.9. The van der Waals surface area contributed by atoms with Gasteiger partial charge in [-0.05, 0) is 92.7 Å². The van der Waals surface area contributed by atoms with Gasteiger partial charge in [0.25, 0.3) is 0 Å². The molecule has 1 nitrogen and oxygen atoms in total. The summed E-state index contributed by atoms with van der Waals surface area (Å²) in [6.45, 7) is 8.00. The molecule has 0 heterocycles. The number of rotatable bonds is 1. The summed E-state index contributed by atoms with van der Waals surface area (Å²) in [7, 11) is 0. The van der Waals surface area contributed by atoms with Crippen LogP contribution in [0.1, 0.15) is 22.3 Å². The molecule has 1 N–H and O–H groups in total. The van der Waals surface area contributed by atoms with Crippen LogP contribution >= 0.6 is 63.7 Å². The van der Waals surface area contributed by atoms with Crippen LogP contribution in [0.5, 0.6) is 5.75 Å². The minimum Gasteiger partial charge on any atom is -0.507 e. The normalized spacial score (nSPS) is 11.0. The topological polar surface area (TPSA) is 20.2 Å². The number of hydrogen-bond donors (Lipinski definition) is 1. The van der Waals surface area contributed by atoms with Gasteiger partial charge in [-0.3, -0.25) is 0 Å². The van der Waals surface area contributed by atoms with Gasteiger partial charge in [-0.1, -0.05) is 15.9 Å². The van der Waals surface area contributed by atoms with Crippen LogP contribution in [0.25, 0.3) is 11.1 Å². The third-order valence-corrected chi connectivity index (χ3v) is 7.38. The predicted molar refractivity (Wildman–Crippen MR) is 103 cm³/mol. The van der Waals surface area contributed by atoms with Crippen molar-refractivity contribution in [2.24, 2.45) is 0 Å². The maximum atomic E-state index is 10.2. The maximum Gasteiger partial charge on any atom is 0.123 e. The molecule has 21 heavy (non-hydrogen) atoms. The van der Waals surface area contributed by atoms with Crippen molar-refractivity contribution in [3.8, 4) is 16.9 Å². The van der Waals surface area contributed by atoms with Crippen LogP contribution in [-0.2, 0) is 0 Å². The predicted octanol–water partition coefficient (Wildman–Crippen LogP) is 7.34. The lowest BCUT2D eigenvalue weighted by Crippen LogP contribution is -1.95. The molecule has 5 heteroatoms. The summed E-state index contributed by atoms with van der Waals surface area (Å²) < 4.78 is 3.85. The minimum absolute atomic E-state index is 0.313. The number of aromatic hydroxyl groups is 1. The van der Waals surface area contributed by atoms with E-state index in [1.165, 1.54) is 11.1 Å². The van der Waals surface area contributed by atoms with Gasteiger partial charge in [0.05, 0.1) is 0 Å². The fourth-order valence-electron chi connectivity index (χ4n) is 2.25. The van der Waals surface area contributed by atoms with Crippen LogP contribution < -0.4 is 0 Å². The Hall–Kier alpha value is 0.160. The van der Waals surface area contributed by atoms with Gasteiger partial charge in [0.1, 0.15) is 5.75 Å². The first-order valence-electron chi connectivity index (χ1n) is 6.31. The standard InChI is InChI=1S/C16H14Br4O/c1-6-5-10(17)11(13(18)7(6)2)12-14(19)8(3)16(21)9(4)15(12)20/h5,21H,1-4H3. The number of halogens is 4. The highest BCUT2D eigenvalue weighted by Gasteiger charge is 2.22. The van der Waals surface area contributed by atoms with E-state index in [0.29, 0.717) is 5.75 Å². The monoisotopic (exact) mass is 538 g/mol. The van der Waals surface area contributed by atoms with Gasteiger partial charge in [0.2, 0.25) is 0 Å². The van der Waals surface area contributed by atoms with Crippen molar-refractivity contribution in [3.63, 3.8) is 0 Å². The molecule has 0 fully saturated rings. The van der Waals surface area contributed by atoms with Gasteiger partial charge in [-0.25, -0.2) is 0 Å². The first-order chi connectivity index (χ1) is 9.68. The Bertz CT molecular complexity index is 722. The Labute approximate surface area is 158 Å². The Morgan fingerprint density at radius 2 is 1.14 bits per heavy atom. The largest absolute Gasteiger partial charge is 0.507 e. The van der Waals surface area contributed by atoms with Crippen molar-refractivity contribution in [3.05, 3.63) is 46.2 Å². The molecule has 0 amide bonds. The van der Waals surface area contributed by atoms with E-state index in [-0.39, 0.29) is 0 Å². The third kappa shape index (κ3) is 2.87. The van der Waals surface area contributed by atoms with E-state index in [1.54, 1.807) is 0 Å². The molecule has 0 aliphatic carbocycles. The summed E-state index contributed by atoms with van der Waals surface area (Å²) >= 11 is 14.7. The number of hydrogen-bond acceptors (Lipinski definition) is 1. The number of phenolic OH excluding ortho intramolecular Hbond substituents is 1. The summed E-state index contributed by atoms with van der Waals surface area (Å²) in [6, 6.07) is 2.12. The summed E-state index contributed by atoms with van der Waals surface area (Å²) in [5.74, 6) is 0.313. The molecule has 2 aromatic carbocycles. The lowest BCUT2D eigenvalue weighted by molar-refractivity contribution is 0.466. The molecular formula is C16H14Br4O. The maximum absolute atomic E-state index is 10.2. The van der Waals surface area contributed by atoms with Crippen LogP contribution in [0.3, 0.4) is 0 Å². The molecule has 0 aliphatic rings. The van der Waals surface area contributed by atoms with Crippen LogP contribution in [0, 0.1) is 27.7 Å². The Kier molecular flexibility index (Phi) is 5.29. The average Bonchev–Trinajstić information content (AvgIpc) is 2.44. The second-order valence-electron chi connectivity index (χ2n) is 5.09. The van der Waals surface area contributed by atoms with Crippen LogP contribution in [0.2, 0.25) is 0 Å². The number of aryl methyl sites for hydroxylation is 1. The molecule has 0 saturated heterocycles. The van der Waals surface area contributed by atoms with Crippen LogP contribution in [-0.4, -0.2) is 5.11 Å². The summed E-state index contributed by atoms with van der Waals surface area (Å²) in [5.41, 5.74) is 6.20. The van der Waals surface area contributed by atoms with Gasteiger partial charge in [0.15, 0.2) is 0 Å². The highest BCUT2D eigenvalue weighted by molar-refractivity contribution is 9.11. The van der Waals surface area contributed by atoms with E-state index >= 15 is 0 Å². The van der Waals surface area contributed by atoms with Gasteiger partial charge in [-0.2, -0.15) is 0 Å². The molecule has 2 aromatic rings. The molecule has 112 valence electrons. The molecule has 0 saturated carbocycles. The molecule has 0 unspecified atom stereocenters. The lowest BCUT2D eigenvalue weighted by atomic mass is 9.97. The minimum atomic E-state index is 0.313. The smallest absolute Gasteiger partial charge is 0.123 e. The van der Waals surface area contributed by atoms with E-state index in [2.05, 4.69) is 83.6 Å². The third-order valence-electron chi connectivity index (χ3n) is 3.78. The van der Waals surface area contributed by atoms with E-state index in [0.717, 1.165) is 40.1 Å². The zero-order valence-electron chi connectivity index (χ0n) is 12.0. The number of benzene rings is 2. The van der Waals surface area contributed by atoms with Gasteiger partial charge in [-0.15, -0.1) is 0 Å². The second-order valence-corrected chi connectivity index (χ2v) is 8.32. The van der Waals surface area contributed by atoms with Crippen molar-refractivity contribution in [2.75, 3.05) is 0 Å². The van der Waals surface area contributed by atoms with Crippen LogP contribution in [0.4, 0.5) is 0 Å². The molecule has 0 spiro atoms. The molecule has 0 atom stereocenters. The van der Waals surface area contributed by atoms with E-state index in [4.69, 9.17) is 0 Å². The quantitative estimate of drug-likeness (QED) is 0.400. The molecular weight excluding hydrogens is 528 g/mol. The van der Waals surface area contributed by atoms with Gasteiger partial charge in [0, 0.05) is 40.1 Å². The summed E-state index contributed by atoms with van der Waals surface area (Å²) in [4.78, 5) is 0. The first kappa shape index (κ1) is 17.5. The molecule has 0 bridgehead atoms. The van der Waals surface area contributed by atoms with Crippen molar-refractivity contribution in [1.29, 1.82) is 0 Å². The average molecular weight is 542 g/mol. The van der Waals surface area contributed by atoms with Crippen molar-refractivity contribution in [2.45, 2.75) is 27.7 Å². The van der Waals surface area contributed by atoms with Crippen molar-refractivity contribution < 1.29 is 5.11 Å².